The molecule has 0 amide bonds. The lowest BCUT2D eigenvalue weighted by Gasteiger charge is -1.96. The van der Waals surface area contributed by atoms with E-state index >= 15 is 0 Å². The second-order valence-corrected chi connectivity index (χ2v) is 4.42. The summed E-state index contributed by atoms with van der Waals surface area (Å²) >= 11 is 2.54. The van der Waals surface area contributed by atoms with Crippen LogP contribution in [0.5, 0.6) is 10.1 Å². The minimum atomic E-state index is 0.0405. The molecule has 5 heteroatoms. The Morgan fingerprint density at radius 3 is 2.62 bits per heavy atom. The summed E-state index contributed by atoms with van der Waals surface area (Å²) in [6.07, 6.45) is 0. The van der Waals surface area contributed by atoms with Crippen molar-refractivity contribution in [1.82, 2.24) is 0 Å². The van der Waals surface area contributed by atoms with Gasteiger partial charge in [-0.25, -0.2) is 0 Å². The van der Waals surface area contributed by atoms with E-state index in [0.29, 0.717) is 0 Å². The molecule has 1 aromatic heterocycles. The number of hydrogen-bond acceptors (Lipinski definition) is 5. The Hall–Kier alpha value is -0.680. The fourth-order valence-electron chi connectivity index (χ4n) is 0.806. The molecule has 0 unspecified atom stereocenters. The largest absolute Gasteiger partial charge is 0.487 e. The first kappa shape index (κ1) is 10.4. The molecule has 1 heterocycles. The monoisotopic (exact) mass is 218 g/mol. The van der Waals surface area contributed by atoms with Crippen LogP contribution in [-0.2, 0) is 4.79 Å². The maximum atomic E-state index is 10.9. The summed E-state index contributed by atoms with van der Waals surface area (Å²) in [6.45, 7) is 1.52. The van der Waals surface area contributed by atoms with Crippen LogP contribution in [0.15, 0.2) is 11.0 Å². The number of carbonyl (C=O) groups excluding carboxylic acids is 1. The Bertz CT molecular complexity index is 306. The first-order valence-electron chi connectivity index (χ1n) is 3.57. The summed E-state index contributed by atoms with van der Waals surface area (Å²) in [5, 5.41) is 1.51. The van der Waals surface area contributed by atoms with E-state index in [0.717, 1.165) is 26.8 Å². The summed E-state index contributed by atoms with van der Waals surface area (Å²) in [5.74, 6) is 0. The Kier molecular flexibility index (Phi) is 3.62. The Labute approximate surface area is 85.0 Å². The second kappa shape index (κ2) is 4.53. The van der Waals surface area contributed by atoms with Crippen molar-refractivity contribution in [1.29, 1.82) is 0 Å². The third-order valence-electron chi connectivity index (χ3n) is 1.28. The molecule has 0 aliphatic rings. The van der Waals surface area contributed by atoms with E-state index in [2.05, 4.69) is 0 Å². The molecular formula is C8H10O3S2. The van der Waals surface area contributed by atoms with E-state index in [1.54, 1.807) is 20.3 Å². The van der Waals surface area contributed by atoms with Crippen LogP contribution in [-0.4, -0.2) is 19.3 Å². The van der Waals surface area contributed by atoms with Gasteiger partial charge < -0.3 is 9.47 Å². The lowest BCUT2D eigenvalue weighted by molar-refractivity contribution is -0.109. The van der Waals surface area contributed by atoms with E-state index in [1.807, 2.05) is 0 Å². The highest BCUT2D eigenvalue weighted by Crippen LogP contribution is 2.41. The van der Waals surface area contributed by atoms with E-state index in [1.165, 1.54) is 18.3 Å². The van der Waals surface area contributed by atoms with E-state index < -0.39 is 0 Å². The van der Waals surface area contributed by atoms with Gasteiger partial charge in [-0.3, -0.25) is 4.79 Å². The molecule has 0 bridgehead atoms. The van der Waals surface area contributed by atoms with Gasteiger partial charge in [0.15, 0.2) is 15.2 Å². The highest BCUT2D eigenvalue weighted by Gasteiger charge is 2.12. The average Bonchev–Trinajstić information content (AvgIpc) is 2.46. The normalized spacial score (nSPS) is 9.77. The maximum absolute atomic E-state index is 10.9. The maximum Gasteiger partial charge on any atom is 0.191 e. The summed E-state index contributed by atoms with van der Waals surface area (Å²) in [7, 11) is 3.17. The zero-order chi connectivity index (χ0) is 9.84. The zero-order valence-corrected chi connectivity index (χ0v) is 9.25. The summed E-state index contributed by atoms with van der Waals surface area (Å²) in [5.41, 5.74) is 0. The fraction of sp³-hybridized carbons (Fsp3) is 0.375. The zero-order valence-electron chi connectivity index (χ0n) is 7.62. The average molecular weight is 218 g/mol. The van der Waals surface area contributed by atoms with Crippen molar-refractivity contribution in [3.63, 3.8) is 0 Å². The first-order valence-corrected chi connectivity index (χ1v) is 5.21. The van der Waals surface area contributed by atoms with Crippen molar-refractivity contribution in [2.45, 2.75) is 11.8 Å². The number of carbonyl (C=O) groups is 1. The van der Waals surface area contributed by atoms with E-state index in [9.17, 15) is 4.79 Å². The van der Waals surface area contributed by atoms with Gasteiger partial charge in [0.05, 0.1) is 19.1 Å². The quantitative estimate of drug-likeness (QED) is 0.730. The smallest absolute Gasteiger partial charge is 0.191 e. The number of hydrogen-bond donors (Lipinski definition) is 0. The predicted molar refractivity (Wildman–Crippen MR) is 54.0 cm³/mol. The third kappa shape index (κ3) is 2.63. The van der Waals surface area contributed by atoms with Crippen LogP contribution in [0.2, 0.25) is 0 Å². The van der Waals surface area contributed by atoms with Gasteiger partial charge in [-0.15, -0.1) is 0 Å². The molecule has 0 spiro atoms. The van der Waals surface area contributed by atoms with Crippen LogP contribution in [0.25, 0.3) is 0 Å². The summed E-state index contributed by atoms with van der Waals surface area (Å²) in [6, 6.07) is 1.80. The van der Waals surface area contributed by atoms with Crippen LogP contribution >= 0.6 is 23.1 Å². The molecule has 1 rings (SSSR count). The van der Waals surface area contributed by atoms with Crippen molar-refractivity contribution in [2.75, 3.05) is 14.2 Å². The van der Waals surface area contributed by atoms with Crippen molar-refractivity contribution in [2.24, 2.45) is 0 Å². The topological polar surface area (TPSA) is 35.5 Å². The Morgan fingerprint density at radius 2 is 2.15 bits per heavy atom. The SMILES string of the molecule is COc1cc(SC(C)=O)c(OC)s1. The van der Waals surface area contributed by atoms with Gasteiger partial charge in [0.25, 0.3) is 0 Å². The molecule has 0 aliphatic heterocycles. The van der Waals surface area contributed by atoms with Gasteiger partial charge in [0, 0.05) is 13.0 Å². The molecular weight excluding hydrogens is 208 g/mol. The number of rotatable bonds is 3. The van der Waals surface area contributed by atoms with Gasteiger partial charge >= 0.3 is 0 Å². The highest BCUT2D eigenvalue weighted by molar-refractivity contribution is 8.13. The number of thiophene rings is 1. The molecule has 0 N–H and O–H groups in total. The molecule has 0 fully saturated rings. The van der Waals surface area contributed by atoms with Gasteiger partial charge in [0.2, 0.25) is 0 Å². The minimum absolute atomic E-state index is 0.0405. The Morgan fingerprint density at radius 1 is 1.46 bits per heavy atom. The lowest BCUT2D eigenvalue weighted by Crippen LogP contribution is -1.83. The van der Waals surface area contributed by atoms with Crippen molar-refractivity contribution < 1.29 is 14.3 Å². The molecule has 0 radical (unpaired) electrons. The Balaban J connectivity index is 2.90. The van der Waals surface area contributed by atoms with E-state index in [4.69, 9.17) is 9.47 Å². The molecule has 1 aromatic rings. The number of methoxy groups -OCH3 is 2. The molecule has 72 valence electrons. The molecule has 0 aromatic carbocycles. The van der Waals surface area contributed by atoms with E-state index in [-0.39, 0.29) is 5.12 Å². The van der Waals surface area contributed by atoms with Crippen LogP contribution in [0.1, 0.15) is 6.92 Å². The number of ether oxygens (including phenoxy) is 2. The van der Waals surface area contributed by atoms with Gasteiger partial charge in [0.1, 0.15) is 0 Å². The highest BCUT2D eigenvalue weighted by atomic mass is 32.2. The standard InChI is InChI=1S/C8H10O3S2/c1-5(9)12-6-4-7(10-2)13-8(6)11-3/h4H,1-3H3. The van der Waals surface area contributed by atoms with Crippen molar-refractivity contribution >= 4 is 28.2 Å². The van der Waals surface area contributed by atoms with Crippen molar-refractivity contribution in [3.05, 3.63) is 6.07 Å². The van der Waals surface area contributed by atoms with Gasteiger partial charge in [-0.05, 0) is 11.8 Å². The van der Waals surface area contributed by atoms with Crippen LogP contribution < -0.4 is 9.47 Å². The predicted octanol–water partition coefficient (Wildman–Crippen LogP) is 2.40. The minimum Gasteiger partial charge on any atom is -0.487 e. The lowest BCUT2D eigenvalue weighted by atomic mass is 10.6. The van der Waals surface area contributed by atoms with Crippen LogP contribution in [0.4, 0.5) is 0 Å². The second-order valence-electron chi connectivity index (χ2n) is 2.22. The van der Waals surface area contributed by atoms with Crippen molar-refractivity contribution in [3.8, 4) is 10.1 Å². The molecule has 0 aliphatic carbocycles. The van der Waals surface area contributed by atoms with Crippen LogP contribution in [0.3, 0.4) is 0 Å². The third-order valence-corrected chi connectivity index (χ3v) is 3.28. The fourth-order valence-corrected chi connectivity index (χ4v) is 2.46. The molecule has 0 saturated carbocycles. The molecule has 0 saturated heterocycles. The summed E-state index contributed by atoms with van der Waals surface area (Å²) < 4.78 is 10.1. The van der Waals surface area contributed by atoms with Crippen LogP contribution in [0, 0.1) is 0 Å². The molecule has 3 nitrogen and oxygen atoms in total. The molecule has 0 atom stereocenters. The van der Waals surface area contributed by atoms with Gasteiger partial charge in [-0.1, -0.05) is 11.3 Å². The first-order chi connectivity index (χ1) is 6.17. The summed E-state index contributed by atoms with van der Waals surface area (Å²) in [4.78, 5) is 11.7. The molecule has 13 heavy (non-hydrogen) atoms. The van der Waals surface area contributed by atoms with Gasteiger partial charge in [-0.2, -0.15) is 0 Å². The number of thioether (sulfide) groups is 1.